The first-order valence-corrected chi connectivity index (χ1v) is 5.30. The van der Waals surface area contributed by atoms with E-state index in [0.717, 1.165) is 19.6 Å². The number of hydrogen-bond donors (Lipinski definition) is 1. The lowest BCUT2D eigenvalue weighted by Gasteiger charge is -2.34. The highest BCUT2D eigenvalue weighted by atomic mass is 16.5. The quantitative estimate of drug-likeness (QED) is 0.656. The molecule has 15 heavy (non-hydrogen) atoms. The third-order valence-corrected chi connectivity index (χ3v) is 2.56. The highest BCUT2D eigenvalue weighted by molar-refractivity contribution is 5.78. The molecule has 0 bridgehead atoms. The van der Waals surface area contributed by atoms with Gasteiger partial charge in [-0.3, -0.25) is 9.69 Å². The van der Waals surface area contributed by atoms with E-state index in [9.17, 15) is 4.79 Å². The Morgan fingerprint density at radius 2 is 2.53 bits per heavy atom. The molecule has 1 heterocycles. The number of morpholine rings is 1. The molecule has 1 atom stereocenters. The monoisotopic (exact) mass is 210 g/mol. The maximum absolute atomic E-state index is 11.4. The van der Waals surface area contributed by atoms with E-state index < -0.39 is 0 Å². The molecule has 4 heteroatoms. The molecule has 84 valence electrons. The molecule has 1 rings (SSSR count). The van der Waals surface area contributed by atoms with Gasteiger partial charge in [-0.15, -0.1) is 6.42 Å². The number of carbonyl (C=O) groups is 1. The number of rotatable bonds is 4. The number of carbonyl (C=O) groups excluding carboxylic acids is 1. The Labute approximate surface area is 91.0 Å². The minimum Gasteiger partial charge on any atom is -0.378 e. The van der Waals surface area contributed by atoms with Crippen LogP contribution in [0.3, 0.4) is 0 Å². The maximum atomic E-state index is 11.4. The number of terminal acetylenes is 1. The van der Waals surface area contributed by atoms with Crippen molar-refractivity contribution in [2.75, 3.05) is 32.8 Å². The second-order valence-electron chi connectivity index (χ2n) is 3.59. The summed E-state index contributed by atoms with van der Waals surface area (Å²) >= 11 is 0. The van der Waals surface area contributed by atoms with Crippen molar-refractivity contribution in [3.8, 4) is 12.3 Å². The molecule has 1 saturated heterocycles. The number of ether oxygens (including phenoxy) is 1. The molecule has 0 saturated carbocycles. The average Bonchev–Trinajstić information content (AvgIpc) is 2.27. The van der Waals surface area contributed by atoms with E-state index in [-0.39, 0.29) is 5.91 Å². The van der Waals surface area contributed by atoms with Crippen LogP contribution in [0.4, 0.5) is 0 Å². The van der Waals surface area contributed by atoms with Gasteiger partial charge in [0, 0.05) is 12.6 Å². The highest BCUT2D eigenvalue weighted by Crippen LogP contribution is 2.09. The molecule has 0 aliphatic carbocycles. The summed E-state index contributed by atoms with van der Waals surface area (Å²) in [7, 11) is 0. The lowest BCUT2D eigenvalue weighted by Crippen LogP contribution is -2.49. The summed E-state index contributed by atoms with van der Waals surface area (Å²) in [5, 5.41) is 2.67. The molecule has 0 spiro atoms. The number of nitrogens with zero attached hydrogens (tertiary/aromatic N) is 1. The first-order valence-electron chi connectivity index (χ1n) is 5.30. The van der Waals surface area contributed by atoms with Crippen LogP contribution in [0.5, 0.6) is 0 Å². The second-order valence-corrected chi connectivity index (χ2v) is 3.59. The smallest absolute Gasteiger partial charge is 0.234 e. The van der Waals surface area contributed by atoms with E-state index in [1.54, 1.807) is 0 Å². The van der Waals surface area contributed by atoms with Crippen molar-refractivity contribution in [2.24, 2.45) is 0 Å². The zero-order valence-electron chi connectivity index (χ0n) is 9.16. The van der Waals surface area contributed by atoms with E-state index in [1.807, 2.05) is 0 Å². The maximum Gasteiger partial charge on any atom is 0.234 e. The lowest BCUT2D eigenvalue weighted by molar-refractivity contribution is -0.124. The topological polar surface area (TPSA) is 41.6 Å². The van der Waals surface area contributed by atoms with Gasteiger partial charge < -0.3 is 10.1 Å². The van der Waals surface area contributed by atoms with Gasteiger partial charge in [0.2, 0.25) is 5.91 Å². The SMILES string of the molecule is C#CCNC(=O)CN1CCOCC1CC. The molecule has 1 aliphatic heterocycles. The van der Waals surface area contributed by atoms with Crippen LogP contribution in [0, 0.1) is 12.3 Å². The molecule has 1 fully saturated rings. The van der Waals surface area contributed by atoms with Crippen LogP contribution >= 0.6 is 0 Å². The van der Waals surface area contributed by atoms with Crippen molar-refractivity contribution in [3.05, 3.63) is 0 Å². The predicted octanol–water partition coefficient (Wildman–Crippen LogP) is -0.153. The van der Waals surface area contributed by atoms with E-state index in [0.29, 0.717) is 25.7 Å². The highest BCUT2D eigenvalue weighted by Gasteiger charge is 2.22. The van der Waals surface area contributed by atoms with Gasteiger partial charge in [0.25, 0.3) is 0 Å². The molecule has 1 aliphatic rings. The van der Waals surface area contributed by atoms with Crippen LogP contribution in [-0.4, -0.2) is 49.7 Å². The van der Waals surface area contributed by atoms with Gasteiger partial charge in [-0.05, 0) is 6.42 Å². The van der Waals surface area contributed by atoms with Crippen LogP contribution in [-0.2, 0) is 9.53 Å². The van der Waals surface area contributed by atoms with E-state index >= 15 is 0 Å². The third kappa shape index (κ3) is 3.90. The van der Waals surface area contributed by atoms with Crippen LogP contribution in [0.2, 0.25) is 0 Å². The normalized spacial score (nSPS) is 22.0. The molecule has 1 N–H and O–H groups in total. The molecule has 0 aromatic rings. The molecule has 4 nitrogen and oxygen atoms in total. The van der Waals surface area contributed by atoms with Crippen molar-refractivity contribution < 1.29 is 9.53 Å². The van der Waals surface area contributed by atoms with Gasteiger partial charge in [-0.2, -0.15) is 0 Å². The predicted molar refractivity (Wildman–Crippen MR) is 58.3 cm³/mol. The van der Waals surface area contributed by atoms with Crippen molar-refractivity contribution in [1.29, 1.82) is 0 Å². The Balaban J connectivity index is 2.34. The first kappa shape index (κ1) is 12.0. The van der Waals surface area contributed by atoms with Gasteiger partial charge in [-0.25, -0.2) is 0 Å². The fraction of sp³-hybridized carbons (Fsp3) is 0.727. The second kappa shape index (κ2) is 6.44. The van der Waals surface area contributed by atoms with Crippen LogP contribution in [0.1, 0.15) is 13.3 Å². The van der Waals surface area contributed by atoms with Crippen LogP contribution in [0.25, 0.3) is 0 Å². The Morgan fingerprint density at radius 3 is 3.20 bits per heavy atom. The zero-order valence-corrected chi connectivity index (χ0v) is 9.16. The van der Waals surface area contributed by atoms with Gasteiger partial charge in [0.1, 0.15) is 0 Å². The fourth-order valence-electron chi connectivity index (χ4n) is 1.66. The van der Waals surface area contributed by atoms with Crippen molar-refractivity contribution >= 4 is 5.91 Å². The summed E-state index contributed by atoms with van der Waals surface area (Å²) in [6, 6.07) is 0.357. The van der Waals surface area contributed by atoms with E-state index in [1.165, 1.54) is 0 Å². The Kier molecular flexibility index (Phi) is 5.16. The van der Waals surface area contributed by atoms with Gasteiger partial charge in [0.15, 0.2) is 0 Å². The third-order valence-electron chi connectivity index (χ3n) is 2.56. The molecule has 0 aromatic carbocycles. The molecule has 0 aromatic heterocycles. The summed E-state index contributed by atoms with van der Waals surface area (Å²) in [4.78, 5) is 13.6. The Hall–Kier alpha value is -1.05. The average molecular weight is 210 g/mol. The fourth-order valence-corrected chi connectivity index (χ4v) is 1.66. The summed E-state index contributed by atoms with van der Waals surface area (Å²) in [6.45, 7) is 5.08. The summed E-state index contributed by atoms with van der Waals surface area (Å²) < 4.78 is 5.36. The molecule has 0 radical (unpaired) electrons. The van der Waals surface area contributed by atoms with Crippen LogP contribution < -0.4 is 5.32 Å². The van der Waals surface area contributed by atoms with E-state index in [4.69, 9.17) is 11.2 Å². The van der Waals surface area contributed by atoms with E-state index in [2.05, 4.69) is 23.1 Å². The first-order chi connectivity index (χ1) is 7.27. The molecular weight excluding hydrogens is 192 g/mol. The summed E-state index contributed by atoms with van der Waals surface area (Å²) in [5.41, 5.74) is 0. The van der Waals surface area contributed by atoms with Crippen LogP contribution in [0.15, 0.2) is 0 Å². The van der Waals surface area contributed by atoms with Gasteiger partial charge in [-0.1, -0.05) is 12.8 Å². The minimum absolute atomic E-state index is 0.00620. The summed E-state index contributed by atoms with van der Waals surface area (Å²) in [6.07, 6.45) is 6.07. The van der Waals surface area contributed by atoms with Crippen molar-refractivity contribution in [2.45, 2.75) is 19.4 Å². The zero-order chi connectivity index (χ0) is 11.1. The lowest BCUT2D eigenvalue weighted by atomic mass is 10.2. The van der Waals surface area contributed by atoms with Gasteiger partial charge in [0.05, 0.1) is 26.3 Å². The Morgan fingerprint density at radius 1 is 1.73 bits per heavy atom. The minimum atomic E-state index is -0.00620. The molecule has 1 amide bonds. The van der Waals surface area contributed by atoms with Crippen molar-refractivity contribution in [3.63, 3.8) is 0 Å². The van der Waals surface area contributed by atoms with Gasteiger partial charge >= 0.3 is 0 Å². The van der Waals surface area contributed by atoms with Crippen molar-refractivity contribution in [1.82, 2.24) is 10.2 Å². The Bertz CT molecular complexity index is 247. The largest absolute Gasteiger partial charge is 0.378 e. The number of hydrogen-bond acceptors (Lipinski definition) is 3. The number of nitrogens with one attached hydrogen (secondary N) is 1. The summed E-state index contributed by atoms with van der Waals surface area (Å²) in [5.74, 6) is 2.38. The molecular formula is C11H18N2O2. The number of amides is 1. The standard InChI is InChI=1S/C11H18N2O2/c1-3-5-12-11(14)8-13-6-7-15-9-10(13)4-2/h1,10H,4-9H2,2H3,(H,12,14). The molecule has 1 unspecified atom stereocenters.